The van der Waals surface area contributed by atoms with E-state index in [1.54, 1.807) is 0 Å². The van der Waals surface area contributed by atoms with Crippen molar-refractivity contribution >= 4 is 28.8 Å². The molecule has 12 heavy (non-hydrogen) atoms. The van der Waals surface area contributed by atoms with E-state index in [2.05, 4.69) is 16.0 Å². The molecule has 1 aromatic heterocycles. The molecule has 0 saturated heterocycles. The summed E-state index contributed by atoms with van der Waals surface area (Å²) >= 11 is 11.5. The Bertz CT molecular complexity index is 372. The first kappa shape index (κ1) is 8.02. The van der Waals surface area contributed by atoms with Crippen LogP contribution in [0.2, 0.25) is 10.4 Å². The monoisotopic (exact) mass is 200 g/mol. The van der Waals surface area contributed by atoms with Gasteiger partial charge in [-0.1, -0.05) is 17.7 Å². The Morgan fingerprint density at radius 3 is 2.83 bits per heavy atom. The molecular weight excluding hydrogens is 195 g/mol. The third-order valence-electron chi connectivity index (χ3n) is 1.91. The molecule has 1 aromatic rings. The fraction of sp³-hybridized carbons (Fsp3) is 0.250. The van der Waals surface area contributed by atoms with Crippen LogP contribution in [0.4, 0.5) is 0 Å². The van der Waals surface area contributed by atoms with Gasteiger partial charge in [0.05, 0.1) is 5.69 Å². The van der Waals surface area contributed by atoms with E-state index in [0.29, 0.717) is 5.15 Å². The van der Waals surface area contributed by atoms with Gasteiger partial charge < -0.3 is 0 Å². The molecule has 4 heteroatoms. The summed E-state index contributed by atoms with van der Waals surface area (Å²) in [6.07, 6.45) is 2.88. The number of allylic oxidation sites excluding steroid dienone is 2. The fourth-order valence-corrected chi connectivity index (χ4v) is 1.91. The summed E-state index contributed by atoms with van der Waals surface area (Å²) in [5.41, 5.74) is 3.00. The van der Waals surface area contributed by atoms with Crippen molar-refractivity contribution in [1.29, 1.82) is 0 Å². The molecule has 2 rings (SSSR count). The first-order chi connectivity index (χ1) is 5.68. The van der Waals surface area contributed by atoms with Crippen LogP contribution in [0.3, 0.4) is 0 Å². The van der Waals surface area contributed by atoms with E-state index in [4.69, 9.17) is 23.2 Å². The highest BCUT2D eigenvalue weighted by molar-refractivity contribution is 6.33. The second kappa shape index (κ2) is 2.71. The molecule has 0 unspecified atom stereocenters. The van der Waals surface area contributed by atoms with Crippen LogP contribution in [-0.2, 0) is 6.42 Å². The molecule has 2 nitrogen and oxygen atoms in total. The topological polar surface area (TPSA) is 25.8 Å². The van der Waals surface area contributed by atoms with Gasteiger partial charge in [0.25, 0.3) is 0 Å². The summed E-state index contributed by atoms with van der Waals surface area (Å²) in [6.45, 7) is 2.00. The first-order valence-electron chi connectivity index (χ1n) is 3.57. The quantitative estimate of drug-likeness (QED) is 0.476. The predicted molar refractivity (Wildman–Crippen MR) is 49.4 cm³/mol. The van der Waals surface area contributed by atoms with Crippen molar-refractivity contribution in [2.24, 2.45) is 0 Å². The van der Waals surface area contributed by atoms with Gasteiger partial charge in [-0.15, -0.1) is 0 Å². The summed E-state index contributed by atoms with van der Waals surface area (Å²) in [7, 11) is 0. The van der Waals surface area contributed by atoms with Crippen LogP contribution in [0.1, 0.15) is 18.2 Å². The third-order valence-corrected chi connectivity index (χ3v) is 2.35. The lowest BCUT2D eigenvalue weighted by Crippen LogP contribution is -1.94. The van der Waals surface area contributed by atoms with Crippen LogP contribution >= 0.6 is 23.2 Å². The third kappa shape index (κ3) is 1.11. The van der Waals surface area contributed by atoms with Crippen LogP contribution in [0.25, 0.3) is 5.57 Å². The van der Waals surface area contributed by atoms with Crippen LogP contribution in [-0.4, -0.2) is 9.97 Å². The molecule has 1 heterocycles. The zero-order chi connectivity index (χ0) is 8.72. The summed E-state index contributed by atoms with van der Waals surface area (Å²) < 4.78 is 0. The molecule has 0 N–H and O–H groups in total. The van der Waals surface area contributed by atoms with E-state index in [0.717, 1.165) is 23.3 Å². The van der Waals surface area contributed by atoms with Gasteiger partial charge in [0.2, 0.25) is 5.28 Å². The fourth-order valence-electron chi connectivity index (χ4n) is 1.34. The Balaban J connectivity index is 2.67. The smallest absolute Gasteiger partial charge is 0.222 e. The zero-order valence-corrected chi connectivity index (χ0v) is 7.95. The average Bonchev–Trinajstić information content (AvgIpc) is 2.31. The van der Waals surface area contributed by atoms with Crippen molar-refractivity contribution in [3.05, 3.63) is 27.8 Å². The first-order valence-corrected chi connectivity index (χ1v) is 4.33. The summed E-state index contributed by atoms with van der Waals surface area (Å²) in [4.78, 5) is 7.96. The van der Waals surface area contributed by atoms with Crippen molar-refractivity contribution in [1.82, 2.24) is 9.97 Å². The van der Waals surface area contributed by atoms with Crippen LogP contribution in [0, 0.1) is 0 Å². The van der Waals surface area contributed by atoms with Gasteiger partial charge in [0, 0.05) is 12.0 Å². The van der Waals surface area contributed by atoms with Crippen molar-refractivity contribution in [3.63, 3.8) is 0 Å². The second-order valence-corrected chi connectivity index (χ2v) is 3.39. The number of halogens is 2. The summed E-state index contributed by atoms with van der Waals surface area (Å²) in [5, 5.41) is 0.679. The molecule has 1 aliphatic rings. The molecular formula is C8H6Cl2N2. The minimum absolute atomic E-state index is 0.224. The van der Waals surface area contributed by atoms with Gasteiger partial charge in [0.1, 0.15) is 5.15 Å². The van der Waals surface area contributed by atoms with Gasteiger partial charge in [-0.25, -0.2) is 9.97 Å². The minimum atomic E-state index is 0.224. The summed E-state index contributed by atoms with van der Waals surface area (Å²) in [6, 6.07) is 0. The maximum atomic E-state index is 5.89. The SMILES string of the molecule is CC1=CCc2nc(Cl)nc(Cl)c21. The Morgan fingerprint density at radius 2 is 2.08 bits per heavy atom. The lowest BCUT2D eigenvalue weighted by atomic mass is 10.2. The molecule has 0 aromatic carbocycles. The predicted octanol–water partition coefficient (Wildman–Crippen LogP) is 2.74. The lowest BCUT2D eigenvalue weighted by Gasteiger charge is -2.02. The number of rotatable bonds is 0. The molecule has 0 amide bonds. The van der Waals surface area contributed by atoms with E-state index in [1.807, 2.05) is 6.92 Å². The summed E-state index contributed by atoms with van der Waals surface area (Å²) in [5.74, 6) is 0. The van der Waals surface area contributed by atoms with Crippen molar-refractivity contribution in [2.45, 2.75) is 13.3 Å². The molecule has 0 spiro atoms. The average molecular weight is 201 g/mol. The van der Waals surface area contributed by atoms with Gasteiger partial charge in [0.15, 0.2) is 0 Å². The van der Waals surface area contributed by atoms with Crippen molar-refractivity contribution in [2.75, 3.05) is 0 Å². The lowest BCUT2D eigenvalue weighted by molar-refractivity contribution is 1.06. The normalized spacial score (nSPS) is 14.4. The van der Waals surface area contributed by atoms with Gasteiger partial charge >= 0.3 is 0 Å². The highest BCUT2D eigenvalue weighted by atomic mass is 35.5. The maximum absolute atomic E-state index is 5.89. The van der Waals surface area contributed by atoms with E-state index in [9.17, 15) is 0 Å². The van der Waals surface area contributed by atoms with Crippen molar-refractivity contribution < 1.29 is 0 Å². The van der Waals surface area contributed by atoms with Gasteiger partial charge in [-0.3, -0.25) is 0 Å². The molecule has 0 fully saturated rings. The Kier molecular flexibility index (Phi) is 1.81. The molecule has 0 atom stereocenters. The van der Waals surface area contributed by atoms with E-state index in [-0.39, 0.29) is 5.28 Å². The van der Waals surface area contributed by atoms with Crippen molar-refractivity contribution in [3.8, 4) is 0 Å². The molecule has 0 aliphatic heterocycles. The molecule has 62 valence electrons. The number of hydrogen-bond acceptors (Lipinski definition) is 2. The Hall–Kier alpha value is -0.600. The largest absolute Gasteiger partial charge is 0.224 e. The van der Waals surface area contributed by atoms with Gasteiger partial charge in [-0.05, 0) is 24.1 Å². The molecule has 1 aliphatic carbocycles. The maximum Gasteiger partial charge on any atom is 0.224 e. The van der Waals surface area contributed by atoms with E-state index in [1.165, 1.54) is 0 Å². The van der Waals surface area contributed by atoms with Crippen LogP contribution in [0.15, 0.2) is 6.08 Å². The number of nitrogens with zero attached hydrogens (tertiary/aromatic N) is 2. The highest BCUT2D eigenvalue weighted by Gasteiger charge is 2.17. The van der Waals surface area contributed by atoms with Crippen LogP contribution < -0.4 is 0 Å². The highest BCUT2D eigenvalue weighted by Crippen LogP contribution is 2.31. The standard InChI is InChI=1S/C8H6Cl2N2/c1-4-2-3-5-6(4)7(9)12-8(10)11-5/h2H,3H2,1H3. The zero-order valence-electron chi connectivity index (χ0n) is 6.43. The van der Waals surface area contributed by atoms with E-state index >= 15 is 0 Å². The molecule has 0 bridgehead atoms. The number of hydrogen-bond donors (Lipinski definition) is 0. The second-order valence-electron chi connectivity index (χ2n) is 2.70. The van der Waals surface area contributed by atoms with E-state index < -0.39 is 0 Å². The van der Waals surface area contributed by atoms with Gasteiger partial charge in [-0.2, -0.15) is 0 Å². The molecule has 0 saturated carbocycles. The minimum Gasteiger partial charge on any atom is -0.222 e. The Labute approximate surface area is 80.2 Å². The molecule has 0 radical (unpaired) electrons. The van der Waals surface area contributed by atoms with Crippen LogP contribution in [0.5, 0.6) is 0 Å². The Morgan fingerprint density at radius 1 is 1.33 bits per heavy atom. The number of aromatic nitrogens is 2. The number of fused-ring (bicyclic) bond motifs is 1.